The summed E-state index contributed by atoms with van der Waals surface area (Å²) in [5, 5.41) is 0. The molecule has 419 valence electrons. The topological polar surface area (TPSA) is 344 Å². The van der Waals surface area contributed by atoms with E-state index in [1.807, 2.05) is 109 Å². The molecule has 0 saturated heterocycles. The van der Waals surface area contributed by atoms with Crippen molar-refractivity contribution in [1.29, 1.82) is 0 Å². The van der Waals surface area contributed by atoms with Crippen molar-refractivity contribution >= 4 is 169 Å². The van der Waals surface area contributed by atoms with E-state index in [1.54, 1.807) is 72.9 Å². The monoisotopic (exact) mass is 1220 g/mol. The summed E-state index contributed by atoms with van der Waals surface area (Å²) in [6.07, 6.45) is 22.1. The Morgan fingerprint density at radius 1 is 0.235 bits per heavy atom. The number of hydrogen-bond acceptors (Lipinski definition) is 15. The molecule has 0 saturated carbocycles. The molecule has 0 amide bonds. The van der Waals surface area contributed by atoms with Crippen LogP contribution in [-0.2, 0) is 48.9 Å². The van der Waals surface area contributed by atoms with Crippen molar-refractivity contribution in [2.45, 2.75) is 14.7 Å². The summed E-state index contributed by atoms with van der Waals surface area (Å²) < 4.78 is 105. The molecule has 25 heteroatoms. The summed E-state index contributed by atoms with van der Waals surface area (Å²) in [4.78, 5) is 44.7. The molecule has 0 unspecified atom stereocenters. The Bertz CT molecular complexity index is 4870. The third kappa shape index (κ3) is 12.9. The van der Waals surface area contributed by atoms with Gasteiger partial charge in [0.25, 0.3) is 0 Å². The molecule has 0 aliphatic carbocycles. The van der Waals surface area contributed by atoms with Gasteiger partial charge in [-0.1, -0.05) is 0 Å². The number of nitrogens with one attached hydrogen (secondary N) is 6. The molecule has 15 heterocycles. The molecule has 9 aromatic heterocycles. The van der Waals surface area contributed by atoms with Gasteiger partial charge in [0.1, 0.15) is 30.4 Å². The number of aromatic nitrogens is 12. The van der Waals surface area contributed by atoms with Crippen molar-refractivity contribution in [3.63, 3.8) is 0 Å². The molecule has 85 heavy (non-hydrogen) atoms. The second kappa shape index (κ2) is 22.0. The van der Waals surface area contributed by atoms with Gasteiger partial charge in [-0.25, -0.2) is 55.2 Å². The average Bonchev–Trinajstić information content (AvgIpc) is 2.71. The number of rotatable bonds is 3. The van der Waals surface area contributed by atoms with Crippen molar-refractivity contribution in [3.8, 4) is 0 Å². The zero-order chi connectivity index (χ0) is 57.9. The summed E-state index contributed by atoms with van der Waals surface area (Å²) in [5.74, 6) is 0. The van der Waals surface area contributed by atoms with E-state index in [1.165, 1.54) is 18.2 Å². The van der Waals surface area contributed by atoms with Crippen LogP contribution in [-0.4, -0.2) is 98.7 Å². The maximum Gasteiger partial charge on any atom is 0.126 e. The van der Waals surface area contributed by atoms with Crippen LogP contribution < -0.4 is 0 Å². The molecule has 6 N–H and O–H groups in total. The second-order valence-corrected chi connectivity index (χ2v) is 23.5. The normalized spacial score (nSPS) is 13.0. The van der Waals surface area contributed by atoms with Crippen molar-refractivity contribution < 1.29 is 57.5 Å². The number of nitrogens with zero attached hydrogens (tertiary/aromatic N) is 6. The molecule has 0 spiro atoms. The fraction of sp³-hybridized carbons (Fsp3) is 0. The first-order chi connectivity index (χ1) is 40.3. The molecule has 15 rings (SSSR count). The quantitative estimate of drug-likeness (QED) is 0.0896. The third-order valence-corrected chi connectivity index (χ3v) is 15.8. The van der Waals surface area contributed by atoms with E-state index < -0.39 is 30.4 Å². The van der Waals surface area contributed by atoms with Crippen LogP contribution >= 0.6 is 0 Å². The van der Waals surface area contributed by atoms with Crippen molar-refractivity contribution in [1.82, 2.24) is 59.8 Å². The molecule has 9 aromatic rings. The van der Waals surface area contributed by atoms with E-state index in [2.05, 4.69) is 59.8 Å². The predicted molar refractivity (Wildman–Crippen MR) is 320 cm³/mol. The van der Waals surface area contributed by atoms with Crippen LogP contribution in [0.15, 0.2) is 142 Å². The minimum absolute atomic E-state index is 0. The third-order valence-electron chi connectivity index (χ3n) is 13.2. The summed E-state index contributed by atoms with van der Waals surface area (Å²) in [6, 6.07) is 36.3. The molecule has 0 atom stereocenters. The molecular weight excluding hydrogens is 1180 g/mol. The van der Waals surface area contributed by atoms with Crippen LogP contribution in [0.3, 0.4) is 0 Å². The average molecular weight is 1220 g/mol. The van der Waals surface area contributed by atoms with Gasteiger partial charge in [0.05, 0.1) is 99.6 Å². The van der Waals surface area contributed by atoms with Gasteiger partial charge in [-0.3, -0.25) is 0 Å². The zero-order valence-electron chi connectivity index (χ0n) is 43.6. The first-order valence-electron chi connectivity index (χ1n) is 25.4. The van der Waals surface area contributed by atoms with Gasteiger partial charge in [0.15, 0.2) is 0 Å². The summed E-state index contributed by atoms with van der Waals surface area (Å²) in [6.45, 7) is 0. The Labute approximate surface area is 494 Å². The molecule has 6 aliphatic rings. The molecule has 1 radical (unpaired) electrons. The molecule has 21 nitrogen and oxygen atoms in total. The summed E-state index contributed by atoms with van der Waals surface area (Å²) in [5.41, 5.74) is 15.3. The fourth-order valence-electron chi connectivity index (χ4n) is 9.60. The van der Waals surface area contributed by atoms with Crippen LogP contribution in [0.5, 0.6) is 0 Å². The molecule has 0 fully saturated rings. The smallest absolute Gasteiger partial charge is 0.126 e. The zero-order valence-corrected chi connectivity index (χ0v) is 47.4. The SMILES string of the molecule is O=S(=O)([O-])c1cc2cc3ccc(cc4nc(cc5nc(cc1[nH]2)C=C5)C=C4)[nH]3.O=S(=O)([O-])c1cc2cc3ccc(cc4nc(cc5nc(cc1[nH]2)C=C5)C=C4)[nH]3.O=S(=O)([O-])c1cc2cc3ccc(cc4nc(cc5nc(cc1[nH]2)C=C5)C=C4)[nH]3.[V]. The Morgan fingerprint density at radius 3 is 0.635 bits per heavy atom. The Morgan fingerprint density at radius 2 is 0.424 bits per heavy atom. The van der Waals surface area contributed by atoms with Crippen molar-refractivity contribution in [2.24, 2.45) is 0 Å². The number of fused-ring (bicyclic) bond motifs is 24. The Balaban J connectivity index is 0.000000124. The standard InChI is InChI=1S/3C20H14N4O3S.V/c3*25-28(26,27)20-11-18-9-16-4-3-14(22-16)7-12-1-2-13(21-12)8-15-5-6-17(23-15)10-19(20)24-18;/h3*1-11,22,24H,(H,25,26,27);/p-3. The molecule has 0 aromatic carbocycles. The van der Waals surface area contributed by atoms with Gasteiger partial charge in [0.2, 0.25) is 0 Å². The second-order valence-electron chi connectivity index (χ2n) is 19.5. The van der Waals surface area contributed by atoms with Crippen LogP contribution in [0.2, 0.25) is 0 Å². The Kier molecular flexibility index (Phi) is 14.4. The van der Waals surface area contributed by atoms with E-state index in [9.17, 15) is 38.9 Å². The van der Waals surface area contributed by atoms with Gasteiger partial charge in [0, 0.05) is 68.2 Å². The number of hydrogen-bond donors (Lipinski definition) is 6. The van der Waals surface area contributed by atoms with Crippen molar-refractivity contribution in [2.75, 3.05) is 0 Å². The maximum absolute atomic E-state index is 11.7. The fourth-order valence-corrected chi connectivity index (χ4v) is 11.5. The minimum atomic E-state index is -4.64. The van der Waals surface area contributed by atoms with E-state index in [0.717, 1.165) is 67.3 Å². The van der Waals surface area contributed by atoms with Crippen LogP contribution in [0.4, 0.5) is 0 Å². The van der Waals surface area contributed by atoms with Crippen molar-refractivity contribution in [3.05, 3.63) is 196 Å². The number of aromatic amines is 6. The van der Waals surface area contributed by atoms with E-state index >= 15 is 0 Å². The Hall–Kier alpha value is -9.89. The van der Waals surface area contributed by atoms with Gasteiger partial charge in [-0.2, -0.15) is 0 Å². The summed E-state index contributed by atoms with van der Waals surface area (Å²) >= 11 is 0. The van der Waals surface area contributed by atoms with Gasteiger partial charge >= 0.3 is 0 Å². The largest absolute Gasteiger partial charge is 0.744 e. The summed E-state index contributed by atoms with van der Waals surface area (Å²) in [7, 11) is -13.9. The molecule has 24 bridgehead atoms. The first-order valence-corrected chi connectivity index (χ1v) is 29.6. The maximum atomic E-state index is 11.7. The minimum Gasteiger partial charge on any atom is -0.744 e. The van der Waals surface area contributed by atoms with Gasteiger partial charge < -0.3 is 43.6 Å². The van der Waals surface area contributed by atoms with Gasteiger partial charge in [-0.05, 0) is 200 Å². The van der Waals surface area contributed by atoms with Crippen LogP contribution in [0.1, 0.15) is 68.3 Å². The van der Waals surface area contributed by atoms with Crippen LogP contribution in [0.25, 0.3) is 139 Å². The van der Waals surface area contributed by atoms with E-state index in [0.29, 0.717) is 50.7 Å². The van der Waals surface area contributed by atoms with E-state index in [4.69, 9.17) is 0 Å². The van der Waals surface area contributed by atoms with Gasteiger partial charge in [-0.15, -0.1) is 0 Å². The predicted octanol–water partition coefficient (Wildman–Crippen LogP) is 10.7. The molecule has 6 aliphatic heterocycles. The first kappa shape index (κ1) is 55.6. The van der Waals surface area contributed by atoms with E-state index in [-0.39, 0.29) is 49.8 Å². The molecular formula is C60H39N12O9S3V-3. The number of H-pyrrole nitrogens is 6. The van der Waals surface area contributed by atoms with Crippen LogP contribution in [0, 0.1) is 0 Å².